The number of hydrogen-bond donors (Lipinski definition) is 1. The molecule has 1 aromatic carbocycles. The summed E-state index contributed by atoms with van der Waals surface area (Å²) in [5.74, 6) is 0. The van der Waals surface area contributed by atoms with E-state index in [1.165, 1.54) is 28.5 Å². The third-order valence-electron chi connectivity index (χ3n) is 4.46. The molecule has 1 aromatic heterocycles. The van der Waals surface area contributed by atoms with Crippen molar-refractivity contribution in [3.8, 4) is 0 Å². The number of hydrogen-bond acceptors (Lipinski definition) is 2. The lowest BCUT2D eigenvalue weighted by atomic mass is 9.78. The van der Waals surface area contributed by atoms with E-state index in [9.17, 15) is 5.11 Å². The zero-order valence-corrected chi connectivity index (χ0v) is 10.4. The molecule has 94 valence electrons. The fourth-order valence-corrected chi connectivity index (χ4v) is 3.26. The summed E-state index contributed by atoms with van der Waals surface area (Å²) in [6, 6.07) is 6.72. The van der Waals surface area contributed by atoms with Crippen molar-refractivity contribution in [2.75, 3.05) is 19.8 Å². The van der Waals surface area contributed by atoms with Crippen LogP contribution in [0.3, 0.4) is 0 Å². The summed E-state index contributed by atoms with van der Waals surface area (Å²) in [6.45, 7) is 2.60. The first kappa shape index (κ1) is 10.6. The lowest BCUT2D eigenvalue weighted by molar-refractivity contribution is -0.0841. The summed E-state index contributed by atoms with van der Waals surface area (Å²) in [5.41, 5.74) is 3.92. The summed E-state index contributed by atoms with van der Waals surface area (Å²) in [7, 11) is 0. The van der Waals surface area contributed by atoms with Gasteiger partial charge in [0.1, 0.15) is 0 Å². The molecule has 0 radical (unpaired) electrons. The quantitative estimate of drug-likeness (QED) is 0.873. The van der Waals surface area contributed by atoms with Crippen molar-refractivity contribution < 1.29 is 9.84 Å². The highest BCUT2D eigenvalue weighted by atomic mass is 16.5. The number of aromatic nitrogens is 1. The third kappa shape index (κ3) is 1.26. The first-order chi connectivity index (χ1) is 8.82. The SMILES string of the molecule is OCC1(c2cc3c4c(ccn4CCC3)c2)COC1. The largest absolute Gasteiger partial charge is 0.395 e. The van der Waals surface area contributed by atoms with E-state index >= 15 is 0 Å². The van der Waals surface area contributed by atoms with Crippen LogP contribution in [-0.2, 0) is 23.1 Å². The molecular weight excluding hydrogens is 226 g/mol. The minimum atomic E-state index is -0.149. The van der Waals surface area contributed by atoms with Crippen LogP contribution in [0, 0.1) is 0 Å². The third-order valence-corrected chi connectivity index (χ3v) is 4.46. The predicted molar refractivity (Wildman–Crippen MR) is 69.8 cm³/mol. The van der Waals surface area contributed by atoms with Crippen LogP contribution in [-0.4, -0.2) is 29.5 Å². The number of nitrogens with zero attached hydrogens (tertiary/aromatic N) is 1. The van der Waals surface area contributed by atoms with Crippen LogP contribution < -0.4 is 0 Å². The van der Waals surface area contributed by atoms with Crippen LogP contribution in [0.1, 0.15) is 17.5 Å². The molecule has 2 aromatic rings. The van der Waals surface area contributed by atoms with Crippen LogP contribution >= 0.6 is 0 Å². The van der Waals surface area contributed by atoms with Crippen molar-refractivity contribution in [1.29, 1.82) is 0 Å². The summed E-state index contributed by atoms with van der Waals surface area (Å²) in [4.78, 5) is 0. The highest BCUT2D eigenvalue weighted by molar-refractivity contribution is 5.85. The maximum atomic E-state index is 9.66. The van der Waals surface area contributed by atoms with Gasteiger partial charge in [-0.25, -0.2) is 0 Å². The van der Waals surface area contributed by atoms with Gasteiger partial charge in [0.05, 0.1) is 30.8 Å². The Morgan fingerprint density at radius 1 is 1.33 bits per heavy atom. The molecule has 0 unspecified atom stereocenters. The highest BCUT2D eigenvalue weighted by Gasteiger charge is 2.40. The van der Waals surface area contributed by atoms with Gasteiger partial charge in [0.2, 0.25) is 0 Å². The Labute approximate surface area is 106 Å². The lowest BCUT2D eigenvalue weighted by Gasteiger charge is -2.40. The molecule has 3 nitrogen and oxygen atoms in total. The molecule has 3 heteroatoms. The second-order valence-corrected chi connectivity index (χ2v) is 5.62. The molecule has 1 fully saturated rings. The number of aliphatic hydroxyl groups excluding tert-OH is 1. The van der Waals surface area contributed by atoms with Gasteiger partial charge in [0.15, 0.2) is 0 Å². The molecule has 0 saturated carbocycles. The van der Waals surface area contributed by atoms with E-state index in [0.29, 0.717) is 13.2 Å². The second-order valence-electron chi connectivity index (χ2n) is 5.62. The van der Waals surface area contributed by atoms with Gasteiger partial charge in [-0.3, -0.25) is 0 Å². The molecule has 0 bridgehead atoms. The van der Waals surface area contributed by atoms with Gasteiger partial charge in [-0.05, 0) is 36.1 Å². The molecular formula is C15H17NO2. The second kappa shape index (κ2) is 3.59. The van der Waals surface area contributed by atoms with Crippen LogP contribution in [0.5, 0.6) is 0 Å². The fraction of sp³-hybridized carbons (Fsp3) is 0.467. The first-order valence-electron chi connectivity index (χ1n) is 6.63. The molecule has 2 aliphatic rings. The zero-order valence-electron chi connectivity index (χ0n) is 10.4. The average molecular weight is 243 g/mol. The smallest absolute Gasteiger partial charge is 0.0651 e. The van der Waals surface area contributed by atoms with Crippen molar-refractivity contribution in [2.45, 2.75) is 24.8 Å². The summed E-state index contributed by atoms with van der Waals surface area (Å²) < 4.78 is 7.67. The van der Waals surface area contributed by atoms with Crippen molar-refractivity contribution in [3.05, 3.63) is 35.5 Å². The standard InChI is InChI=1S/C15H17NO2/c17-8-15(9-18-10-15)13-6-11-2-1-4-16-5-3-12(7-13)14(11)16/h3,5-7,17H,1-2,4,8-10H2. The van der Waals surface area contributed by atoms with Gasteiger partial charge >= 0.3 is 0 Å². The first-order valence-corrected chi connectivity index (χ1v) is 6.63. The molecule has 0 amide bonds. The van der Waals surface area contributed by atoms with Crippen LogP contribution in [0.2, 0.25) is 0 Å². The van der Waals surface area contributed by atoms with Crippen LogP contribution in [0.4, 0.5) is 0 Å². The van der Waals surface area contributed by atoms with Gasteiger partial charge in [-0.2, -0.15) is 0 Å². The maximum absolute atomic E-state index is 9.66. The van der Waals surface area contributed by atoms with E-state index in [1.807, 2.05) is 0 Å². The minimum Gasteiger partial charge on any atom is -0.395 e. The van der Waals surface area contributed by atoms with E-state index in [1.54, 1.807) is 0 Å². The Bertz CT molecular complexity index is 605. The fourth-order valence-electron chi connectivity index (χ4n) is 3.26. The summed E-state index contributed by atoms with van der Waals surface area (Å²) >= 11 is 0. The van der Waals surface area contributed by atoms with E-state index in [0.717, 1.165) is 13.0 Å². The Morgan fingerprint density at radius 3 is 2.94 bits per heavy atom. The molecule has 0 aliphatic carbocycles. The Balaban J connectivity index is 1.93. The average Bonchev–Trinajstić information content (AvgIpc) is 2.74. The normalized spacial score (nSPS) is 20.9. The van der Waals surface area contributed by atoms with Crippen molar-refractivity contribution in [1.82, 2.24) is 4.57 Å². The molecule has 1 saturated heterocycles. The number of rotatable bonds is 2. The van der Waals surface area contributed by atoms with Gasteiger partial charge in [0, 0.05) is 18.1 Å². The van der Waals surface area contributed by atoms with Crippen molar-refractivity contribution in [2.24, 2.45) is 0 Å². The van der Waals surface area contributed by atoms with Gasteiger partial charge in [-0.1, -0.05) is 6.07 Å². The summed E-state index contributed by atoms with van der Waals surface area (Å²) in [6.07, 6.45) is 4.54. The molecule has 0 atom stereocenters. The lowest BCUT2D eigenvalue weighted by Crippen LogP contribution is -2.49. The topological polar surface area (TPSA) is 34.4 Å². The van der Waals surface area contributed by atoms with Crippen LogP contribution in [0.25, 0.3) is 10.9 Å². The van der Waals surface area contributed by atoms with E-state index in [2.05, 4.69) is 29.0 Å². The minimum absolute atomic E-state index is 0.149. The van der Waals surface area contributed by atoms with E-state index < -0.39 is 0 Å². The highest BCUT2D eigenvalue weighted by Crippen LogP contribution is 2.36. The molecule has 18 heavy (non-hydrogen) atoms. The molecule has 3 heterocycles. The van der Waals surface area contributed by atoms with Crippen molar-refractivity contribution in [3.63, 3.8) is 0 Å². The molecule has 2 aliphatic heterocycles. The Kier molecular flexibility index (Phi) is 2.11. The number of aliphatic hydroxyl groups is 1. The number of benzene rings is 1. The van der Waals surface area contributed by atoms with Crippen molar-refractivity contribution >= 4 is 10.9 Å². The Morgan fingerprint density at radius 2 is 2.22 bits per heavy atom. The number of aryl methyl sites for hydroxylation is 2. The molecule has 0 spiro atoms. The summed E-state index contributed by atoms with van der Waals surface area (Å²) in [5, 5.41) is 11.0. The van der Waals surface area contributed by atoms with E-state index in [-0.39, 0.29) is 12.0 Å². The van der Waals surface area contributed by atoms with E-state index in [4.69, 9.17) is 4.74 Å². The van der Waals surface area contributed by atoms with Gasteiger partial charge < -0.3 is 14.4 Å². The molecule has 1 N–H and O–H groups in total. The molecule has 4 rings (SSSR count). The monoisotopic (exact) mass is 243 g/mol. The number of ether oxygens (including phenoxy) is 1. The zero-order chi connectivity index (χ0) is 12.2. The van der Waals surface area contributed by atoms with Crippen LogP contribution in [0.15, 0.2) is 24.4 Å². The van der Waals surface area contributed by atoms with Gasteiger partial charge in [-0.15, -0.1) is 0 Å². The van der Waals surface area contributed by atoms with Gasteiger partial charge in [0.25, 0.3) is 0 Å². The Hall–Kier alpha value is -1.32. The predicted octanol–water partition coefficient (Wildman–Crippen LogP) is 1.85. The maximum Gasteiger partial charge on any atom is 0.0651 e.